The second-order valence-corrected chi connectivity index (χ2v) is 5.51. The van der Waals surface area contributed by atoms with Gasteiger partial charge in [-0.1, -0.05) is 0 Å². The van der Waals surface area contributed by atoms with Gasteiger partial charge in [0.05, 0.1) is 0 Å². The third kappa shape index (κ3) is 3.28. The summed E-state index contributed by atoms with van der Waals surface area (Å²) in [6.45, 7) is 7.71. The lowest BCUT2D eigenvalue weighted by Gasteiger charge is -2.32. The number of piperazine rings is 1. The Hall–Kier alpha value is -0.420. The minimum absolute atomic E-state index is 0.974. The van der Waals surface area contributed by atoms with E-state index in [4.69, 9.17) is 0 Å². The van der Waals surface area contributed by atoms with Crippen molar-refractivity contribution in [2.45, 2.75) is 13.5 Å². The number of nitrogens with one attached hydrogen (secondary N) is 1. The zero-order valence-corrected chi connectivity index (χ0v) is 10.3. The van der Waals surface area contributed by atoms with Crippen LogP contribution in [-0.4, -0.2) is 43.1 Å². The highest BCUT2D eigenvalue weighted by Crippen LogP contribution is 2.14. The van der Waals surface area contributed by atoms with E-state index in [1.807, 2.05) is 11.3 Å². The van der Waals surface area contributed by atoms with Gasteiger partial charge >= 0.3 is 0 Å². The van der Waals surface area contributed by atoms with Gasteiger partial charge in [-0.05, 0) is 26.1 Å². The summed E-state index contributed by atoms with van der Waals surface area (Å²) in [5.41, 5.74) is 3.49. The minimum Gasteiger partial charge on any atom is -0.304 e. The number of nitrogens with zero attached hydrogens (tertiary/aromatic N) is 2. The van der Waals surface area contributed by atoms with Crippen molar-refractivity contribution in [3.63, 3.8) is 0 Å². The van der Waals surface area contributed by atoms with Gasteiger partial charge in [0.25, 0.3) is 0 Å². The van der Waals surface area contributed by atoms with Gasteiger partial charge in [0.15, 0.2) is 0 Å². The lowest BCUT2D eigenvalue weighted by molar-refractivity contribution is 0.102. The molecule has 1 aliphatic rings. The van der Waals surface area contributed by atoms with E-state index >= 15 is 0 Å². The normalized spacial score (nSPS) is 19.6. The molecule has 2 rings (SSSR count). The highest BCUT2D eigenvalue weighted by atomic mass is 32.1. The molecule has 3 nitrogen and oxygen atoms in total. The number of aryl methyl sites for hydroxylation is 1. The first-order valence-electron chi connectivity index (χ1n) is 5.46. The van der Waals surface area contributed by atoms with Crippen LogP contribution in [0.3, 0.4) is 0 Å². The third-order valence-corrected chi connectivity index (χ3v) is 3.78. The second-order valence-electron chi connectivity index (χ2n) is 4.14. The molecule has 15 heavy (non-hydrogen) atoms. The van der Waals surface area contributed by atoms with Crippen LogP contribution in [0, 0.1) is 6.92 Å². The molecule has 2 heterocycles. The average molecular weight is 225 g/mol. The van der Waals surface area contributed by atoms with E-state index in [1.165, 1.54) is 9.75 Å². The molecular weight excluding hydrogens is 206 g/mol. The molecule has 0 spiro atoms. The fourth-order valence-electron chi connectivity index (χ4n) is 1.73. The fourth-order valence-corrected chi connectivity index (χ4v) is 2.56. The van der Waals surface area contributed by atoms with Crippen LogP contribution in [0.1, 0.15) is 9.75 Å². The highest BCUT2D eigenvalue weighted by molar-refractivity contribution is 7.11. The van der Waals surface area contributed by atoms with Crippen LogP contribution in [0.15, 0.2) is 12.1 Å². The van der Waals surface area contributed by atoms with E-state index in [9.17, 15) is 0 Å². The van der Waals surface area contributed by atoms with Crippen molar-refractivity contribution in [1.82, 2.24) is 15.3 Å². The molecule has 4 heteroatoms. The number of hydrogen-bond acceptors (Lipinski definition) is 4. The van der Waals surface area contributed by atoms with Gasteiger partial charge in [-0.15, -0.1) is 11.3 Å². The van der Waals surface area contributed by atoms with Gasteiger partial charge in [0, 0.05) is 42.5 Å². The maximum absolute atomic E-state index is 3.49. The molecule has 1 aromatic heterocycles. The molecule has 0 saturated carbocycles. The molecule has 1 aromatic rings. The summed E-state index contributed by atoms with van der Waals surface area (Å²) >= 11 is 1.88. The monoisotopic (exact) mass is 225 g/mol. The predicted molar refractivity (Wildman–Crippen MR) is 65.0 cm³/mol. The van der Waals surface area contributed by atoms with Crippen LogP contribution in [0.4, 0.5) is 0 Å². The zero-order chi connectivity index (χ0) is 10.7. The summed E-state index contributed by atoms with van der Waals surface area (Å²) < 4.78 is 0. The van der Waals surface area contributed by atoms with Gasteiger partial charge in [0.2, 0.25) is 0 Å². The molecule has 0 bridgehead atoms. The SMILES string of the molecule is Cc1ccc(CNN2CCN(C)CC2)s1. The van der Waals surface area contributed by atoms with E-state index in [-0.39, 0.29) is 0 Å². The summed E-state index contributed by atoms with van der Waals surface area (Å²) in [6, 6.07) is 4.40. The van der Waals surface area contributed by atoms with Crippen LogP contribution < -0.4 is 5.43 Å². The van der Waals surface area contributed by atoms with Crippen molar-refractivity contribution in [2.24, 2.45) is 0 Å². The molecule has 1 N–H and O–H groups in total. The molecule has 0 amide bonds. The van der Waals surface area contributed by atoms with E-state index in [2.05, 4.69) is 41.4 Å². The third-order valence-electron chi connectivity index (χ3n) is 2.78. The number of likely N-dealkylation sites (N-methyl/N-ethyl adjacent to an activating group) is 1. The topological polar surface area (TPSA) is 18.5 Å². The van der Waals surface area contributed by atoms with E-state index in [0.717, 1.165) is 32.7 Å². The van der Waals surface area contributed by atoms with E-state index < -0.39 is 0 Å². The second kappa shape index (κ2) is 5.07. The largest absolute Gasteiger partial charge is 0.304 e. The molecule has 1 fully saturated rings. The summed E-state index contributed by atoms with van der Waals surface area (Å²) in [6.07, 6.45) is 0. The first-order chi connectivity index (χ1) is 7.24. The maximum Gasteiger partial charge on any atom is 0.0447 e. The van der Waals surface area contributed by atoms with Gasteiger partial charge < -0.3 is 4.90 Å². The molecule has 0 aromatic carbocycles. The molecule has 84 valence electrons. The number of hydrogen-bond donors (Lipinski definition) is 1. The lowest BCUT2D eigenvalue weighted by Crippen LogP contribution is -2.50. The smallest absolute Gasteiger partial charge is 0.0447 e. The quantitative estimate of drug-likeness (QED) is 0.837. The molecule has 0 radical (unpaired) electrons. The first-order valence-corrected chi connectivity index (χ1v) is 6.28. The van der Waals surface area contributed by atoms with Crippen molar-refractivity contribution in [1.29, 1.82) is 0 Å². The highest BCUT2D eigenvalue weighted by Gasteiger charge is 2.12. The molecule has 0 unspecified atom stereocenters. The Morgan fingerprint density at radius 3 is 2.60 bits per heavy atom. The van der Waals surface area contributed by atoms with Crippen molar-refractivity contribution < 1.29 is 0 Å². The zero-order valence-electron chi connectivity index (χ0n) is 9.49. The fraction of sp³-hybridized carbons (Fsp3) is 0.636. The Bertz CT molecular complexity index is 303. The summed E-state index contributed by atoms with van der Waals surface area (Å²) in [7, 11) is 2.18. The maximum atomic E-state index is 3.49. The Labute approximate surface area is 95.7 Å². The minimum atomic E-state index is 0.974. The lowest BCUT2D eigenvalue weighted by atomic mass is 10.4. The van der Waals surface area contributed by atoms with Crippen LogP contribution in [0.2, 0.25) is 0 Å². The number of thiophene rings is 1. The average Bonchev–Trinajstić information content (AvgIpc) is 2.64. The van der Waals surface area contributed by atoms with E-state index in [1.54, 1.807) is 0 Å². The van der Waals surface area contributed by atoms with Crippen LogP contribution in [0.25, 0.3) is 0 Å². The summed E-state index contributed by atoms with van der Waals surface area (Å²) in [4.78, 5) is 5.18. The number of hydrazine groups is 1. The van der Waals surface area contributed by atoms with Crippen molar-refractivity contribution >= 4 is 11.3 Å². The number of rotatable bonds is 3. The van der Waals surface area contributed by atoms with Crippen LogP contribution in [-0.2, 0) is 6.54 Å². The molecular formula is C11H19N3S. The molecule has 1 aliphatic heterocycles. The van der Waals surface area contributed by atoms with Gasteiger partial charge in [-0.25, -0.2) is 10.4 Å². The Morgan fingerprint density at radius 2 is 2.00 bits per heavy atom. The first kappa shape index (κ1) is 11.1. The van der Waals surface area contributed by atoms with Gasteiger partial charge in [0.1, 0.15) is 0 Å². The van der Waals surface area contributed by atoms with Crippen molar-refractivity contribution in [2.75, 3.05) is 33.2 Å². The summed E-state index contributed by atoms with van der Waals surface area (Å²) in [5, 5.41) is 2.33. The van der Waals surface area contributed by atoms with Gasteiger partial charge in [-0.3, -0.25) is 0 Å². The van der Waals surface area contributed by atoms with E-state index in [0.29, 0.717) is 0 Å². The Kier molecular flexibility index (Phi) is 3.75. The standard InChI is InChI=1S/C11H19N3S/c1-10-3-4-11(15-10)9-12-14-7-5-13(2)6-8-14/h3-4,12H,5-9H2,1-2H3. The van der Waals surface area contributed by atoms with Crippen molar-refractivity contribution in [3.05, 3.63) is 21.9 Å². The molecule has 1 saturated heterocycles. The summed E-state index contributed by atoms with van der Waals surface area (Å²) in [5.74, 6) is 0. The van der Waals surface area contributed by atoms with Gasteiger partial charge in [-0.2, -0.15) is 0 Å². The molecule has 0 atom stereocenters. The van der Waals surface area contributed by atoms with Crippen LogP contribution >= 0.6 is 11.3 Å². The predicted octanol–water partition coefficient (Wildman–Crippen LogP) is 1.31. The van der Waals surface area contributed by atoms with Crippen molar-refractivity contribution in [3.8, 4) is 0 Å². The molecule has 0 aliphatic carbocycles. The Balaban J connectivity index is 1.74. The van der Waals surface area contributed by atoms with Crippen LogP contribution in [0.5, 0.6) is 0 Å². The Morgan fingerprint density at radius 1 is 1.27 bits per heavy atom.